The highest BCUT2D eigenvalue weighted by Crippen LogP contribution is 2.23. The van der Waals surface area contributed by atoms with Crippen LogP contribution in [0.15, 0.2) is 42.2 Å². The summed E-state index contributed by atoms with van der Waals surface area (Å²) in [6.45, 7) is 0.669. The second-order valence-electron chi connectivity index (χ2n) is 3.54. The maximum absolute atomic E-state index is 4.26. The highest BCUT2D eigenvalue weighted by atomic mass is 32.1. The monoisotopic (exact) mass is 242 g/mol. The van der Waals surface area contributed by atoms with E-state index in [4.69, 9.17) is 0 Å². The average Bonchev–Trinajstić information content (AvgIpc) is 2.86. The van der Waals surface area contributed by atoms with Gasteiger partial charge in [-0.2, -0.15) is 0 Å². The average molecular weight is 242 g/mol. The van der Waals surface area contributed by atoms with Crippen molar-refractivity contribution in [3.8, 4) is 0 Å². The summed E-state index contributed by atoms with van der Waals surface area (Å²) in [7, 11) is 0. The van der Waals surface area contributed by atoms with E-state index in [2.05, 4.69) is 20.3 Å². The van der Waals surface area contributed by atoms with E-state index < -0.39 is 0 Å². The number of nitrogens with one attached hydrogen (secondary N) is 1. The number of pyridine rings is 1. The van der Waals surface area contributed by atoms with E-state index in [1.54, 1.807) is 23.9 Å². The predicted octanol–water partition coefficient (Wildman–Crippen LogP) is 2.70. The van der Waals surface area contributed by atoms with Gasteiger partial charge in [0.25, 0.3) is 0 Å². The second-order valence-corrected chi connectivity index (χ2v) is 4.43. The number of nitrogens with zero attached hydrogens (tertiary/aromatic N) is 3. The largest absolute Gasteiger partial charge is 0.364 e. The molecule has 0 aromatic carbocycles. The van der Waals surface area contributed by atoms with Crippen molar-refractivity contribution in [2.75, 3.05) is 5.32 Å². The SMILES string of the molecule is c1ccc(CNc2ncnc3sccc23)nc1. The smallest absolute Gasteiger partial charge is 0.138 e. The topological polar surface area (TPSA) is 50.7 Å². The van der Waals surface area contributed by atoms with Gasteiger partial charge in [0, 0.05) is 6.20 Å². The number of anilines is 1. The lowest BCUT2D eigenvalue weighted by Gasteiger charge is -2.05. The third-order valence-electron chi connectivity index (χ3n) is 2.42. The van der Waals surface area contributed by atoms with Crippen molar-refractivity contribution in [3.63, 3.8) is 0 Å². The molecule has 0 radical (unpaired) electrons. The fourth-order valence-electron chi connectivity index (χ4n) is 1.61. The van der Waals surface area contributed by atoms with Gasteiger partial charge in [0.05, 0.1) is 17.6 Å². The van der Waals surface area contributed by atoms with Gasteiger partial charge >= 0.3 is 0 Å². The third-order valence-corrected chi connectivity index (χ3v) is 3.25. The molecule has 0 unspecified atom stereocenters. The van der Waals surface area contributed by atoms with Gasteiger partial charge in [0.15, 0.2) is 0 Å². The molecule has 0 amide bonds. The van der Waals surface area contributed by atoms with Gasteiger partial charge in [0.2, 0.25) is 0 Å². The molecule has 0 bridgehead atoms. The molecular formula is C12H10N4S. The van der Waals surface area contributed by atoms with Crippen LogP contribution in [0.3, 0.4) is 0 Å². The lowest BCUT2D eigenvalue weighted by atomic mass is 10.3. The Hall–Kier alpha value is -2.01. The van der Waals surface area contributed by atoms with Crippen LogP contribution in [0.1, 0.15) is 5.69 Å². The van der Waals surface area contributed by atoms with Crippen LogP contribution in [0.2, 0.25) is 0 Å². The molecule has 3 aromatic heterocycles. The summed E-state index contributed by atoms with van der Waals surface area (Å²) in [5.74, 6) is 0.863. The van der Waals surface area contributed by atoms with Crippen LogP contribution in [0.4, 0.5) is 5.82 Å². The van der Waals surface area contributed by atoms with Gasteiger partial charge in [-0.25, -0.2) is 9.97 Å². The van der Waals surface area contributed by atoms with Crippen molar-refractivity contribution in [2.24, 2.45) is 0 Å². The van der Waals surface area contributed by atoms with Gasteiger partial charge < -0.3 is 5.32 Å². The minimum Gasteiger partial charge on any atom is -0.364 e. The lowest BCUT2D eigenvalue weighted by molar-refractivity contribution is 1.03. The fraction of sp³-hybridized carbons (Fsp3) is 0.0833. The molecule has 17 heavy (non-hydrogen) atoms. The first-order chi connectivity index (χ1) is 8.43. The summed E-state index contributed by atoms with van der Waals surface area (Å²) in [6.07, 6.45) is 3.37. The molecule has 1 N–H and O–H groups in total. The number of rotatable bonds is 3. The van der Waals surface area contributed by atoms with Crippen molar-refractivity contribution < 1.29 is 0 Å². The summed E-state index contributed by atoms with van der Waals surface area (Å²) in [4.78, 5) is 13.7. The van der Waals surface area contributed by atoms with Crippen molar-refractivity contribution in [1.82, 2.24) is 15.0 Å². The number of thiophene rings is 1. The van der Waals surface area contributed by atoms with Gasteiger partial charge in [-0.3, -0.25) is 4.98 Å². The van der Waals surface area contributed by atoms with Crippen LogP contribution in [0, 0.1) is 0 Å². The Balaban J connectivity index is 1.84. The van der Waals surface area contributed by atoms with Crippen LogP contribution in [-0.2, 0) is 6.54 Å². The summed E-state index contributed by atoms with van der Waals surface area (Å²) in [6, 6.07) is 7.90. The molecule has 0 aliphatic heterocycles. The molecule has 0 atom stereocenters. The van der Waals surface area contributed by atoms with Crippen molar-refractivity contribution >= 4 is 27.4 Å². The molecule has 3 rings (SSSR count). The third kappa shape index (κ3) is 2.09. The van der Waals surface area contributed by atoms with E-state index in [0.717, 1.165) is 21.7 Å². The molecular weight excluding hydrogens is 232 g/mol. The molecule has 5 heteroatoms. The molecule has 0 fully saturated rings. The Morgan fingerprint density at radius 1 is 1.12 bits per heavy atom. The van der Waals surface area contributed by atoms with Crippen LogP contribution in [-0.4, -0.2) is 15.0 Å². The molecule has 3 aromatic rings. The Bertz CT molecular complexity index is 620. The molecule has 0 spiro atoms. The van der Waals surface area contributed by atoms with Gasteiger partial charge in [-0.05, 0) is 23.6 Å². The summed E-state index contributed by atoms with van der Waals surface area (Å²) < 4.78 is 0. The number of hydrogen-bond donors (Lipinski definition) is 1. The minimum atomic E-state index is 0.669. The Labute approximate surface area is 102 Å². The van der Waals surface area contributed by atoms with Crippen molar-refractivity contribution in [3.05, 3.63) is 47.9 Å². The van der Waals surface area contributed by atoms with Crippen LogP contribution in [0.5, 0.6) is 0 Å². The van der Waals surface area contributed by atoms with Gasteiger partial charge in [-0.15, -0.1) is 11.3 Å². The minimum absolute atomic E-state index is 0.669. The zero-order valence-corrected chi connectivity index (χ0v) is 9.81. The van der Waals surface area contributed by atoms with Crippen LogP contribution < -0.4 is 5.32 Å². The Morgan fingerprint density at radius 2 is 2.12 bits per heavy atom. The Morgan fingerprint density at radius 3 is 3.00 bits per heavy atom. The summed E-state index contributed by atoms with van der Waals surface area (Å²) in [5, 5.41) is 6.37. The highest BCUT2D eigenvalue weighted by Gasteiger charge is 2.03. The second kappa shape index (κ2) is 4.47. The van der Waals surface area contributed by atoms with E-state index >= 15 is 0 Å². The number of fused-ring (bicyclic) bond motifs is 1. The molecule has 84 valence electrons. The van der Waals surface area contributed by atoms with Gasteiger partial charge in [0.1, 0.15) is 17.0 Å². The highest BCUT2D eigenvalue weighted by molar-refractivity contribution is 7.16. The van der Waals surface area contributed by atoms with E-state index in [1.165, 1.54) is 0 Å². The zero-order chi connectivity index (χ0) is 11.5. The van der Waals surface area contributed by atoms with Crippen molar-refractivity contribution in [2.45, 2.75) is 6.54 Å². The van der Waals surface area contributed by atoms with E-state index in [9.17, 15) is 0 Å². The predicted molar refractivity (Wildman–Crippen MR) is 69.0 cm³/mol. The van der Waals surface area contributed by atoms with E-state index in [-0.39, 0.29) is 0 Å². The van der Waals surface area contributed by atoms with E-state index in [0.29, 0.717) is 6.54 Å². The molecule has 0 aliphatic rings. The number of aromatic nitrogens is 3. The van der Waals surface area contributed by atoms with Crippen molar-refractivity contribution in [1.29, 1.82) is 0 Å². The first kappa shape index (κ1) is 10.2. The summed E-state index contributed by atoms with van der Waals surface area (Å²) >= 11 is 1.62. The summed E-state index contributed by atoms with van der Waals surface area (Å²) in [5.41, 5.74) is 0.995. The maximum Gasteiger partial charge on any atom is 0.138 e. The van der Waals surface area contributed by atoms with Gasteiger partial charge in [-0.1, -0.05) is 6.07 Å². The standard InChI is InChI=1S/C12H10N4S/c1-2-5-13-9(3-1)7-14-11-10-4-6-17-12(10)16-8-15-11/h1-6,8H,7H2,(H,14,15,16). The molecule has 0 saturated heterocycles. The molecule has 0 saturated carbocycles. The number of hydrogen-bond acceptors (Lipinski definition) is 5. The first-order valence-electron chi connectivity index (χ1n) is 5.25. The zero-order valence-electron chi connectivity index (χ0n) is 9.00. The van der Waals surface area contributed by atoms with Crippen LogP contribution >= 0.6 is 11.3 Å². The fourth-order valence-corrected chi connectivity index (χ4v) is 2.34. The van der Waals surface area contributed by atoms with E-state index in [1.807, 2.05) is 29.6 Å². The molecule has 4 nitrogen and oxygen atoms in total. The Kier molecular flexibility index (Phi) is 2.67. The quantitative estimate of drug-likeness (QED) is 0.767. The maximum atomic E-state index is 4.26. The first-order valence-corrected chi connectivity index (χ1v) is 6.13. The molecule has 3 heterocycles. The normalized spacial score (nSPS) is 10.6. The lowest BCUT2D eigenvalue weighted by Crippen LogP contribution is -2.03. The molecule has 0 aliphatic carbocycles. The van der Waals surface area contributed by atoms with Crippen LogP contribution in [0.25, 0.3) is 10.2 Å².